The monoisotopic (exact) mass is 319 g/mol. The summed E-state index contributed by atoms with van der Waals surface area (Å²) in [6, 6.07) is 13.6. The molecule has 0 aliphatic carbocycles. The molecule has 0 saturated heterocycles. The third kappa shape index (κ3) is 4.08. The molecular weight excluding hydrogens is 301 g/mol. The fourth-order valence-corrected chi connectivity index (χ4v) is 2.32. The second-order valence-electron chi connectivity index (χ2n) is 5.76. The molecule has 2 rings (SSSR count). The second-order valence-corrected chi connectivity index (χ2v) is 6.20. The summed E-state index contributed by atoms with van der Waals surface area (Å²) in [6.45, 7) is 4.21. The van der Waals surface area contributed by atoms with Crippen molar-refractivity contribution in [3.8, 4) is 0 Å². The molecular formula is C18H19ClFNO. The van der Waals surface area contributed by atoms with E-state index in [1.165, 1.54) is 12.1 Å². The van der Waals surface area contributed by atoms with Gasteiger partial charge in [-0.2, -0.15) is 0 Å². The molecule has 0 heterocycles. The summed E-state index contributed by atoms with van der Waals surface area (Å²) in [4.78, 5) is 12.4. The zero-order chi connectivity index (χ0) is 16.2. The van der Waals surface area contributed by atoms with Crippen LogP contribution in [0.3, 0.4) is 0 Å². The lowest BCUT2D eigenvalue weighted by atomic mass is 9.83. The molecule has 22 heavy (non-hydrogen) atoms. The zero-order valence-corrected chi connectivity index (χ0v) is 13.5. The SMILES string of the molecule is CC(C)(C(=O)NCCc1ccc(Cl)cc1)c1ccc(F)cc1. The van der Waals surface area contributed by atoms with E-state index >= 15 is 0 Å². The minimum Gasteiger partial charge on any atom is -0.355 e. The Labute approximate surface area is 135 Å². The Morgan fingerprint density at radius 1 is 1.09 bits per heavy atom. The molecule has 2 nitrogen and oxygen atoms in total. The molecule has 1 N–H and O–H groups in total. The number of nitrogens with one attached hydrogen (secondary N) is 1. The fraction of sp³-hybridized carbons (Fsp3) is 0.278. The van der Waals surface area contributed by atoms with Crippen LogP contribution in [-0.2, 0) is 16.6 Å². The molecule has 0 spiro atoms. The summed E-state index contributed by atoms with van der Waals surface area (Å²) >= 11 is 5.84. The van der Waals surface area contributed by atoms with Gasteiger partial charge in [-0.3, -0.25) is 4.79 Å². The first-order valence-corrected chi connectivity index (χ1v) is 7.56. The van der Waals surface area contributed by atoms with E-state index in [4.69, 9.17) is 11.6 Å². The number of rotatable bonds is 5. The molecule has 0 aliphatic rings. The summed E-state index contributed by atoms with van der Waals surface area (Å²) in [7, 11) is 0. The number of amides is 1. The highest BCUT2D eigenvalue weighted by Gasteiger charge is 2.29. The zero-order valence-electron chi connectivity index (χ0n) is 12.7. The average molecular weight is 320 g/mol. The first kappa shape index (κ1) is 16.5. The molecule has 0 unspecified atom stereocenters. The van der Waals surface area contributed by atoms with Gasteiger partial charge in [-0.15, -0.1) is 0 Å². The number of carbonyl (C=O) groups excluding carboxylic acids is 1. The Balaban J connectivity index is 1.93. The third-order valence-corrected chi connectivity index (χ3v) is 4.00. The maximum Gasteiger partial charge on any atom is 0.230 e. The molecule has 116 valence electrons. The number of hydrogen-bond donors (Lipinski definition) is 1. The largest absolute Gasteiger partial charge is 0.355 e. The molecule has 0 fully saturated rings. The lowest BCUT2D eigenvalue weighted by molar-refractivity contribution is -0.125. The van der Waals surface area contributed by atoms with E-state index < -0.39 is 5.41 Å². The third-order valence-electron chi connectivity index (χ3n) is 3.75. The standard InChI is InChI=1S/C18H19ClFNO/c1-18(2,14-5-9-16(20)10-6-14)17(22)21-12-11-13-3-7-15(19)8-4-13/h3-10H,11-12H2,1-2H3,(H,21,22). The van der Waals surface area contributed by atoms with Gasteiger partial charge in [-0.1, -0.05) is 35.9 Å². The van der Waals surface area contributed by atoms with Crippen molar-refractivity contribution in [3.05, 3.63) is 70.5 Å². The summed E-state index contributed by atoms with van der Waals surface area (Å²) in [5, 5.41) is 3.63. The molecule has 4 heteroatoms. The van der Waals surface area contributed by atoms with Crippen LogP contribution < -0.4 is 5.32 Å². The summed E-state index contributed by atoms with van der Waals surface area (Å²) in [5.74, 6) is -0.379. The van der Waals surface area contributed by atoms with Crippen molar-refractivity contribution in [3.63, 3.8) is 0 Å². The van der Waals surface area contributed by atoms with Gasteiger partial charge in [-0.25, -0.2) is 4.39 Å². The predicted molar refractivity (Wildman–Crippen MR) is 87.6 cm³/mol. The fourth-order valence-electron chi connectivity index (χ4n) is 2.19. The molecule has 0 bridgehead atoms. The van der Waals surface area contributed by atoms with Crippen LogP contribution in [0.1, 0.15) is 25.0 Å². The van der Waals surface area contributed by atoms with E-state index in [0.29, 0.717) is 11.6 Å². The number of halogens is 2. The van der Waals surface area contributed by atoms with Crippen molar-refractivity contribution < 1.29 is 9.18 Å². The Morgan fingerprint density at radius 3 is 2.27 bits per heavy atom. The topological polar surface area (TPSA) is 29.1 Å². The van der Waals surface area contributed by atoms with Gasteiger partial charge in [-0.05, 0) is 55.7 Å². The van der Waals surface area contributed by atoms with Gasteiger partial charge < -0.3 is 5.32 Å². The summed E-state index contributed by atoms with van der Waals surface area (Å²) in [6.07, 6.45) is 0.738. The Bertz CT molecular complexity index is 635. The predicted octanol–water partition coefficient (Wildman–Crippen LogP) is 4.12. The van der Waals surface area contributed by atoms with Crippen LogP contribution in [0.4, 0.5) is 4.39 Å². The quantitative estimate of drug-likeness (QED) is 0.882. The molecule has 0 aliphatic heterocycles. The molecule has 2 aromatic carbocycles. The Kier molecular flexibility index (Phi) is 5.19. The maximum absolute atomic E-state index is 13.0. The van der Waals surface area contributed by atoms with Gasteiger partial charge in [0.15, 0.2) is 0 Å². The van der Waals surface area contributed by atoms with Crippen molar-refractivity contribution in [1.82, 2.24) is 5.32 Å². The normalized spacial score (nSPS) is 11.3. The molecule has 0 atom stereocenters. The Morgan fingerprint density at radius 2 is 1.68 bits per heavy atom. The van der Waals surface area contributed by atoms with Gasteiger partial charge in [0, 0.05) is 11.6 Å². The second kappa shape index (κ2) is 6.93. The summed E-state index contributed by atoms with van der Waals surface area (Å²) in [5.41, 5.74) is 1.20. The smallest absolute Gasteiger partial charge is 0.230 e. The van der Waals surface area contributed by atoms with E-state index in [1.807, 2.05) is 38.1 Å². The van der Waals surface area contributed by atoms with Crippen LogP contribution in [0.2, 0.25) is 5.02 Å². The maximum atomic E-state index is 13.0. The van der Waals surface area contributed by atoms with Crippen molar-refractivity contribution in [1.29, 1.82) is 0 Å². The van der Waals surface area contributed by atoms with E-state index in [9.17, 15) is 9.18 Å². The van der Waals surface area contributed by atoms with Crippen molar-refractivity contribution >= 4 is 17.5 Å². The Hall–Kier alpha value is -1.87. The van der Waals surface area contributed by atoms with Crippen LogP contribution in [0, 0.1) is 5.82 Å². The van der Waals surface area contributed by atoms with Gasteiger partial charge in [0.05, 0.1) is 5.41 Å². The highest BCUT2D eigenvalue weighted by atomic mass is 35.5. The molecule has 0 saturated carbocycles. The highest BCUT2D eigenvalue weighted by Crippen LogP contribution is 2.23. The molecule has 0 aromatic heterocycles. The van der Waals surface area contributed by atoms with Gasteiger partial charge >= 0.3 is 0 Å². The highest BCUT2D eigenvalue weighted by molar-refractivity contribution is 6.30. The van der Waals surface area contributed by atoms with Crippen molar-refractivity contribution in [2.75, 3.05) is 6.54 Å². The van der Waals surface area contributed by atoms with Crippen LogP contribution in [-0.4, -0.2) is 12.5 Å². The molecule has 0 radical (unpaired) electrons. The minimum absolute atomic E-state index is 0.0759. The minimum atomic E-state index is -0.701. The number of hydrogen-bond acceptors (Lipinski definition) is 1. The van der Waals surface area contributed by atoms with Gasteiger partial charge in [0.2, 0.25) is 5.91 Å². The lowest BCUT2D eigenvalue weighted by Gasteiger charge is -2.24. The number of benzene rings is 2. The average Bonchev–Trinajstić information content (AvgIpc) is 2.49. The van der Waals surface area contributed by atoms with E-state index in [1.54, 1.807) is 12.1 Å². The van der Waals surface area contributed by atoms with Gasteiger partial charge in [0.1, 0.15) is 5.82 Å². The number of carbonyl (C=O) groups is 1. The van der Waals surface area contributed by atoms with Crippen LogP contribution in [0.15, 0.2) is 48.5 Å². The van der Waals surface area contributed by atoms with E-state index in [0.717, 1.165) is 17.5 Å². The van der Waals surface area contributed by atoms with Crippen molar-refractivity contribution in [2.45, 2.75) is 25.7 Å². The van der Waals surface area contributed by atoms with Crippen LogP contribution >= 0.6 is 11.6 Å². The molecule has 2 aromatic rings. The van der Waals surface area contributed by atoms with E-state index in [2.05, 4.69) is 5.32 Å². The van der Waals surface area contributed by atoms with E-state index in [-0.39, 0.29) is 11.7 Å². The van der Waals surface area contributed by atoms with Crippen LogP contribution in [0.5, 0.6) is 0 Å². The molecule has 1 amide bonds. The lowest BCUT2D eigenvalue weighted by Crippen LogP contribution is -2.40. The summed E-state index contributed by atoms with van der Waals surface area (Å²) < 4.78 is 13.0. The van der Waals surface area contributed by atoms with Crippen LogP contribution in [0.25, 0.3) is 0 Å². The first-order chi connectivity index (χ1) is 10.4. The van der Waals surface area contributed by atoms with Crippen molar-refractivity contribution in [2.24, 2.45) is 0 Å². The van der Waals surface area contributed by atoms with Gasteiger partial charge in [0.25, 0.3) is 0 Å². The first-order valence-electron chi connectivity index (χ1n) is 7.18.